The Hall–Kier alpha value is -1.55. The lowest BCUT2D eigenvalue weighted by Crippen LogP contribution is -2.32. The van der Waals surface area contributed by atoms with Gasteiger partial charge in [-0.25, -0.2) is 0 Å². The SMILES string of the molecule is CCCC(C)C(=O)NCC(O)c1cccc(OC(C)C)c1. The zero-order valence-electron chi connectivity index (χ0n) is 13.4. The Morgan fingerprint density at radius 1 is 1.33 bits per heavy atom. The number of carbonyl (C=O) groups excluding carboxylic acids is 1. The molecule has 0 heterocycles. The van der Waals surface area contributed by atoms with Gasteiger partial charge in [-0.2, -0.15) is 0 Å². The van der Waals surface area contributed by atoms with E-state index in [1.165, 1.54) is 0 Å². The Morgan fingerprint density at radius 3 is 2.67 bits per heavy atom. The first kappa shape index (κ1) is 17.5. The van der Waals surface area contributed by atoms with Gasteiger partial charge in [-0.3, -0.25) is 4.79 Å². The summed E-state index contributed by atoms with van der Waals surface area (Å²) in [6.45, 7) is 8.09. The lowest BCUT2D eigenvalue weighted by molar-refractivity contribution is -0.125. The molecule has 0 aliphatic carbocycles. The lowest BCUT2D eigenvalue weighted by Gasteiger charge is -2.16. The van der Waals surface area contributed by atoms with Crippen molar-refractivity contribution >= 4 is 5.91 Å². The fourth-order valence-electron chi connectivity index (χ4n) is 2.12. The highest BCUT2D eigenvalue weighted by atomic mass is 16.5. The minimum atomic E-state index is -0.724. The maximum Gasteiger partial charge on any atom is 0.222 e. The van der Waals surface area contributed by atoms with Crippen molar-refractivity contribution in [2.45, 2.75) is 52.7 Å². The van der Waals surface area contributed by atoms with Crippen LogP contribution in [0.2, 0.25) is 0 Å². The van der Waals surface area contributed by atoms with Gasteiger partial charge in [0, 0.05) is 12.5 Å². The van der Waals surface area contributed by atoms with Gasteiger partial charge in [-0.15, -0.1) is 0 Å². The number of benzene rings is 1. The highest BCUT2D eigenvalue weighted by Crippen LogP contribution is 2.20. The predicted molar refractivity (Wildman–Crippen MR) is 84.2 cm³/mol. The van der Waals surface area contributed by atoms with Gasteiger partial charge in [0.25, 0.3) is 0 Å². The zero-order valence-corrected chi connectivity index (χ0v) is 13.4. The van der Waals surface area contributed by atoms with Crippen LogP contribution >= 0.6 is 0 Å². The average Bonchev–Trinajstić information content (AvgIpc) is 2.44. The van der Waals surface area contributed by atoms with Crippen LogP contribution in [0.1, 0.15) is 52.2 Å². The molecule has 4 heteroatoms. The van der Waals surface area contributed by atoms with Gasteiger partial charge in [-0.1, -0.05) is 32.4 Å². The molecule has 0 spiro atoms. The van der Waals surface area contributed by atoms with Gasteiger partial charge in [0.15, 0.2) is 0 Å². The van der Waals surface area contributed by atoms with Crippen LogP contribution in [0, 0.1) is 5.92 Å². The summed E-state index contributed by atoms with van der Waals surface area (Å²) >= 11 is 0. The number of carbonyl (C=O) groups is 1. The minimum Gasteiger partial charge on any atom is -0.491 e. The van der Waals surface area contributed by atoms with Crippen molar-refractivity contribution in [3.8, 4) is 5.75 Å². The molecule has 118 valence electrons. The van der Waals surface area contributed by atoms with Crippen LogP contribution in [-0.4, -0.2) is 23.7 Å². The van der Waals surface area contributed by atoms with Crippen LogP contribution < -0.4 is 10.1 Å². The first-order valence-corrected chi connectivity index (χ1v) is 7.66. The van der Waals surface area contributed by atoms with Crippen LogP contribution in [0.15, 0.2) is 24.3 Å². The third-order valence-corrected chi connectivity index (χ3v) is 3.25. The maximum atomic E-state index is 11.8. The van der Waals surface area contributed by atoms with Gasteiger partial charge in [0.2, 0.25) is 5.91 Å². The van der Waals surface area contributed by atoms with Crippen LogP contribution in [0.4, 0.5) is 0 Å². The first-order chi connectivity index (χ1) is 9.93. The fourth-order valence-corrected chi connectivity index (χ4v) is 2.12. The molecular formula is C17H27NO3. The number of rotatable bonds is 8. The standard InChI is InChI=1S/C17H27NO3/c1-5-7-13(4)17(20)18-11-16(19)14-8-6-9-15(10-14)21-12(2)3/h6,8-10,12-13,16,19H,5,7,11H2,1-4H3,(H,18,20). The molecule has 0 bridgehead atoms. The van der Waals surface area contributed by atoms with Crippen LogP contribution in [0.3, 0.4) is 0 Å². The highest BCUT2D eigenvalue weighted by molar-refractivity contribution is 5.78. The summed E-state index contributed by atoms with van der Waals surface area (Å²) in [6, 6.07) is 7.35. The second-order valence-electron chi connectivity index (χ2n) is 5.69. The molecule has 1 amide bonds. The third-order valence-electron chi connectivity index (χ3n) is 3.25. The predicted octanol–water partition coefficient (Wildman–Crippen LogP) is 3.06. The molecule has 0 radical (unpaired) electrons. The summed E-state index contributed by atoms with van der Waals surface area (Å²) in [6.07, 6.45) is 1.20. The van der Waals surface area contributed by atoms with Gasteiger partial charge in [-0.05, 0) is 38.0 Å². The molecule has 0 fully saturated rings. The van der Waals surface area contributed by atoms with Crippen LogP contribution in [-0.2, 0) is 4.79 Å². The van der Waals surface area contributed by atoms with E-state index in [4.69, 9.17) is 4.74 Å². The maximum absolute atomic E-state index is 11.8. The molecule has 0 saturated carbocycles. The van der Waals surface area contributed by atoms with Gasteiger partial charge in [0.05, 0.1) is 12.2 Å². The van der Waals surface area contributed by atoms with Crippen molar-refractivity contribution in [1.82, 2.24) is 5.32 Å². The topological polar surface area (TPSA) is 58.6 Å². The Labute approximate surface area is 127 Å². The smallest absolute Gasteiger partial charge is 0.222 e. The van der Waals surface area contributed by atoms with Gasteiger partial charge >= 0.3 is 0 Å². The minimum absolute atomic E-state index is 0.00881. The van der Waals surface area contributed by atoms with Gasteiger partial charge < -0.3 is 15.2 Å². The van der Waals surface area contributed by atoms with Crippen molar-refractivity contribution in [2.24, 2.45) is 5.92 Å². The highest BCUT2D eigenvalue weighted by Gasteiger charge is 2.14. The normalized spacial score (nSPS) is 13.8. The molecule has 0 aliphatic heterocycles. The molecule has 1 aromatic rings. The van der Waals surface area contributed by atoms with Gasteiger partial charge in [0.1, 0.15) is 5.75 Å². The quantitative estimate of drug-likeness (QED) is 0.774. The summed E-state index contributed by atoms with van der Waals surface area (Å²) in [4.78, 5) is 11.8. The summed E-state index contributed by atoms with van der Waals surface area (Å²) in [5.74, 6) is 0.704. The molecule has 0 saturated heterocycles. The Morgan fingerprint density at radius 2 is 2.05 bits per heavy atom. The fraction of sp³-hybridized carbons (Fsp3) is 0.588. The molecule has 2 unspecified atom stereocenters. The van der Waals surface area contributed by atoms with Crippen LogP contribution in [0.25, 0.3) is 0 Å². The third kappa shape index (κ3) is 6.17. The molecule has 0 aromatic heterocycles. The number of amides is 1. The Kier molecular flexibility index (Phi) is 7.23. The monoisotopic (exact) mass is 293 g/mol. The zero-order chi connectivity index (χ0) is 15.8. The van der Waals surface area contributed by atoms with Crippen LogP contribution in [0.5, 0.6) is 5.75 Å². The second-order valence-corrected chi connectivity index (χ2v) is 5.69. The molecule has 21 heavy (non-hydrogen) atoms. The van der Waals surface area contributed by atoms with E-state index >= 15 is 0 Å². The van der Waals surface area contributed by atoms with E-state index in [1.807, 2.05) is 45.0 Å². The van der Waals surface area contributed by atoms with E-state index < -0.39 is 6.10 Å². The number of ether oxygens (including phenoxy) is 1. The molecule has 1 rings (SSSR count). The molecular weight excluding hydrogens is 266 g/mol. The second kappa shape index (κ2) is 8.67. The molecule has 2 N–H and O–H groups in total. The van der Waals surface area contributed by atoms with Crippen molar-refractivity contribution in [3.05, 3.63) is 29.8 Å². The summed E-state index contributed by atoms with van der Waals surface area (Å²) in [5.41, 5.74) is 0.747. The number of hydrogen-bond acceptors (Lipinski definition) is 3. The molecule has 2 atom stereocenters. The largest absolute Gasteiger partial charge is 0.491 e. The van der Waals surface area contributed by atoms with Crippen molar-refractivity contribution < 1.29 is 14.6 Å². The van der Waals surface area contributed by atoms with E-state index in [-0.39, 0.29) is 24.5 Å². The average molecular weight is 293 g/mol. The van der Waals surface area contributed by atoms with E-state index in [0.29, 0.717) is 0 Å². The first-order valence-electron chi connectivity index (χ1n) is 7.66. The van der Waals surface area contributed by atoms with E-state index in [0.717, 1.165) is 24.2 Å². The van der Waals surface area contributed by atoms with E-state index in [1.54, 1.807) is 0 Å². The molecule has 4 nitrogen and oxygen atoms in total. The number of hydrogen-bond donors (Lipinski definition) is 2. The number of aliphatic hydroxyl groups excluding tert-OH is 1. The van der Waals surface area contributed by atoms with E-state index in [2.05, 4.69) is 12.2 Å². The molecule has 0 aliphatic rings. The summed E-state index contributed by atoms with van der Waals surface area (Å²) < 4.78 is 5.60. The lowest BCUT2D eigenvalue weighted by atomic mass is 10.0. The molecule has 1 aromatic carbocycles. The van der Waals surface area contributed by atoms with Crippen molar-refractivity contribution in [1.29, 1.82) is 0 Å². The Bertz CT molecular complexity index is 445. The van der Waals surface area contributed by atoms with E-state index in [9.17, 15) is 9.90 Å². The van der Waals surface area contributed by atoms with Crippen molar-refractivity contribution in [3.63, 3.8) is 0 Å². The number of aliphatic hydroxyl groups is 1. The van der Waals surface area contributed by atoms with Crippen molar-refractivity contribution in [2.75, 3.05) is 6.54 Å². The Balaban J connectivity index is 2.55. The summed E-state index contributed by atoms with van der Waals surface area (Å²) in [7, 11) is 0. The number of nitrogens with one attached hydrogen (secondary N) is 1. The summed E-state index contributed by atoms with van der Waals surface area (Å²) in [5, 5.41) is 13.0.